The lowest BCUT2D eigenvalue weighted by molar-refractivity contribution is -0.120. The molecule has 0 aliphatic heterocycles. The Morgan fingerprint density at radius 3 is 2.93 bits per heavy atom. The van der Waals surface area contributed by atoms with E-state index in [1.54, 1.807) is 0 Å². The van der Waals surface area contributed by atoms with Crippen LogP contribution in [-0.2, 0) is 11.2 Å². The molecule has 0 bridgehead atoms. The van der Waals surface area contributed by atoms with E-state index in [9.17, 15) is 9.90 Å². The summed E-state index contributed by atoms with van der Waals surface area (Å²) in [6, 6.07) is 7.70. The van der Waals surface area contributed by atoms with Crippen LogP contribution >= 0.6 is 0 Å². The van der Waals surface area contributed by atoms with Gasteiger partial charge in [0, 0.05) is 6.92 Å². The molecule has 1 aliphatic carbocycles. The maximum atomic E-state index is 10.9. The SMILES string of the molecule is CC(=O)N[C@@H]1CCc2ccccc2[C@H]1O. The molecule has 0 aromatic heterocycles. The van der Waals surface area contributed by atoms with Crippen LogP contribution in [0.15, 0.2) is 24.3 Å². The minimum absolute atomic E-state index is 0.0848. The van der Waals surface area contributed by atoms with Gasteiger partial charge < -0.3 is 10.4 Å². The van der Waals surface area contributed by atoms with E-state index in [1.807, 2.05) is 24.3 Å². The van der Waals surface area contributed by atoms with Crippen molar-refractivity contribution in [1.82, 2.24) is 5.32 Å². The number of aryl methyl sites for hydroxylation is 1. The van der Waals surface area contributed by atoms with Crippen molar-refractivity contribution in [2.45, 2.75) is 31.9 Å². The minimum atomic E-state index is -0.571. The number of aliphatic hydroxyl groups is 1. The zero-order valence-electron chi connectivity index (χ0n) is 8.73. The second-order valence-electron chi connectivity index (χ2n) is 3.99. The highest BCUT2D eigenvalue weighted by Gasteiger charge is 2.27. The lowest BCUT2D eigenvalue weighted by atomic mass is 9.86. The third-order valence-corrected chi connectivity index (χ3v) is 2.87. The fourth-order valence-corrected chi connectivity index (χ4v) is 2.15. The summed E-state index contributed by atoms with van der Waals surface area (Å²) < 4.78 is 0. The standard InChI is InChI=1S/C12H15NO2/c1-8(14)13-11-7-6-9-4-2-3-5-10(9)12(11)15/h2-5,11-12,15H,6-7H2,1H3,(H,13,14)/t11-,12-/m1/s1. The molecule has 1 aliphatic rings. The van der Waals surface area contributed by atoms with Crippen molar-refractivity contribution in [2.75, 3.05) is 0 Å². The van der Waals surface area contributed by atoms with Crippen LogP contribution in [0.5, 0.6) is 0 Å². The van der Waals surface area contributed by atoms with Crippen molar-refractivity contribution in [2.24, 2.45) is 0 Å². The van der Waals surface area contributed by atoms with E-state index in [0.717, 1.165) is 18.4 Å². The third kappa shape index (κ3) is 2.02. The number of amides is 1. The molecule has 1 aromatic rings. The Labute approximate surface area is 89.1 Å². The predicted octanol–water partition coefficient (Wildman–Crippen LogP) is 1.17. The Bertz CT molecular complexity index is 376. The molecule has 2 atom stereocenters. The van der Waals surface area contributed by atoms with Crippen molar-refractivity contribution >= 4 is 5.91 Å². The molecule has 2 N–H and O–H groups in total. The first-order valence-electron chi connectivity index (χ1n) is 5.21. The topological polar surface area (TPSA) is 49.3 Å². The summed E-state index contributed by atoms with van der Waals surface area (Å²) in [7, 11) is 0. The molecule has 1 aromatic carbocycles. The molecule has 0 fully saturated rings. The average Bonchev–Trinajstić information content (AvgIpc) is 2.22. The van der Waals surface area contributed by atoms with Gasteiger partial charge in [0.2, 0.25) is 5.91 Å². The van der Waals surface area contributed by atoms with Gasteiger partial charge in [-0.05, 0) is 24.0 Å². The first kappa shape index (κ1) is 10.2. The lowest BCUT2D eigenvalue weighted by Crippen LogP contribution is -2.40. The highest BCUT2D eigenvalue weighted by molar-refractivity contribution is 5.73. The Balaban J connectivity index is 2.22. The van der Waals surface area contributed by atoms with Crippen LogP contribution in [0, 0.1) is 0 Å². The first-order valence-corrected chi connectivity index (χ1v) is 5.21. The molecule has 0 radical (unpaired) electrons. The van der Waals surface area contributed by atoms with E-state index in [0.29, 0.717) is 0 Å². The van der Waals surface area contributed by atoms with Crippen LogP contribution in [-0.4, -0.2) is 17.1 Å². The molecule has 1 amide bonds. The van der Waals surface area contributed by atoms with Crippen LogP contribution in [0.1, 0.15) is 30.6 Å². The van der Waals surface area contributed by atoms with Crippen LogP contribution in [0.3, 0.4) is 0 Å². The zero-order valence-corrected chi connectivity index (χ0v) is 8.73. The van der Waals surface area contributed by atoms with Gasteiger partial charge in [0.1, 0.15) is 0 Å². The number of benzene rings is 1. The molecule has 80 valence electrons. The quantitative estimate of drug-likeness (QED) is 0.723. The van der Waals surface area contributed by atoms with Gasteiger partial charge >= 0.3 is 0 Å². The van der Waals surface area contributed by atoms with Crippen molar-refractivity contribution in [3.8, 4) is 0 Å². The molecule has 0 unspecified atom stereocenters. The smallest absolute Gasteiger partial charge is 0.217 e. The van der Waals surface area contributed by atoms with Crippen LogP contribution in [0.25, 0.3) is 0 Å². The predicted molar refractivity (Wildman–Crippen MR) is 57.3 cm³/mol. The van der Waals surface area contributed by atoms with Gasteiger partial charge in [-0.3, -0.25) is 4.79 Å². The summed E-state index contributed by atoms with van der Waals surface area (Å²) >= 11 is 0. The summed E-state index contributed by atoms with van der Waals surface area (Å²) in [6.45, 7) is 1.48. The molecular formula is C12H15NO2. The number of hydrogen-bond acceptors (Lipinski definition) is 2. The Morgan fingerprint density at radius 2 is 2.20 bits per heavy atom. The van der Waals surface area contributed by atoms with Crippen molar-refractivity contribution in [3.63, 3.8) is 0 Å². The monoisotopic (exact) mass is 205 g/mol. The van der Waals surface area contributed by atoms with Crippen molar-refractivity contribution in [3.05, 3.63) is 35.4 Å². The van der Waals surface area contributed by atoms with Gasteiger partial charge in [0.25, 0.3) is 0 Å². The number of hydrogen-bond donors (Lipinski definition) is 2. The molecule has 0 saturated carbocycles. The molecule has 3 heteroatoms. The molecule has 2 rings (SSSR count). The minimum Gasteiger partial charge on any atom is -0.386 e. The molecule has 0 spiro atoms. The Hall–Kier alpha value is -1.35. The largest absolute Gasteiger partial charge is 0.386 e. The van der Waals surface area contributed by atoms with Crippen molar-refractivity contribution in [1.29, 1.82) is 0 Å². The van der Waals surface area contributed by atoms with Crippen LogP contribution in [0.2, 0.25) is 0 Å². The maximum Gasteiger partial charge on any atom is 0.217 e. The van der Waals surface area contributed by atoms with E-state index >= 15 is 0 Å². The number of carbonyl (C=O) groups excluding carboxylic acids is 1. The van der Waals surface area contributed by atoms with Gasteiger partial charge in [0.15, 0.2) is 0 Å². The Morgan fingerprint density at radius 1 is 1.47 bits per heavy atom. The third-order valence-electron chi connectivity index (χ3n) is 2.87. The molecule has 0 heterocycles. The highest BCUT2D eigenvalue weighted by Crippen LogP contribution is 2.29. The normalized spacial score (nSPS) is 24.4. The fraction of sp³-hybridized carbons (Fsp3) is 0.417. The Kier molecular flexibility index (Phi) is 2.73. The van der Waals surface area contributed by atoms with E-state index in [1.165, 1.54) is 12.5 Å². The van der Waals surface area contributed by atoms with Gasteiger partial charge in [-0.2, -0.15) is 0 Å². The maximum absolute atomic E-state index is 10.9. The van der Waals surface area contributed by atoms with Gasteiger partial charge in [-0.25, -0.2) is 0 Å². The second kappa shape index (κ2) is 4.03. The second-order valence-corrected chi connectivity index (χ2v) is 3.99. The summed E-state index contributed by atoms with van der Waals surface area (Å²) in [5.74, 6) is -0.0848. The average molecular weight is 205 g/mol. The first-order chi connectivity index (χ1) is 7.18. The molecule has 0 saturated heterocycles. The van der Waals surface area contributed by atoms with Crippen LogP contribution in [0.4, 0.5) is 0 Å². The zero-order chi connectivity index (χ0) is 10.8. The van der Waals surface area contributed by atoms with Gasteiger partial charge in [-0.1, -0.05) is 24.3 Å². The molecular weight excluding hydrogens is 190 g/mol. The van der Waals surface area contributed by atoms with E-state index in [4.69, 9.17) is 0 Å². The van der Waals surface area contributed by atoms with E-state index in [2.05, 4.69) is 5.32 Å². The highest BCUT2D eigenvalue weighted by atomic mass is 16.3. The summed E-state index contributed by atoms with van der Waals surface area (Å²) in [5.41, 5.74) is 2.13. The lowest BCUT2D eigenvalue weighted by Gasteiger charge is -2.30. The van der Waals surface area contributed by atoms with Gasteiger partial charge in [0.05, 0.1) is 12.1 Å². The van der Waals surface area contributed by atoms with Crippen molar-refractivity contribution < 1.29 is 9.90 Å². The van der Waals surface area contributed by atoms with E-state index in [-0.39, 0.29) is 11.9 Å². The van der Waals surface area contributed by atoms with Gasteiger partial charge in [-0.15, -0.1) is 0 Å². The number of carbonyl (C=O) groups is 1. The summed E-state index contributed by atoms with van der Waals surface area (Å²) in [5, 5.41) is 12.8. The fourth-order valence-electron chi connectivity index (χ4n) is 2.15. The molecule has 15 heavy (non-hydrogen) atoms. The summed E-state index contributed by atoms with van der Waals surface area (Å²) in [6.07, 6.45) is 1.15. The van der Waals surface area contributed by atoms with Crippen LogP contribution < -0.4 is 5.32 Å². The molecule has 3 nitrogen and oxygen atoms in total. The number of nitrogens with one attached hydrogen (secondary N) is 1. The summed E-state index contributed by atoms with van der Waals surface area (Å²) in [4.78, 5) is 10.9. The number of aliphatic hydroxyl groups excluding tert-OH is 1. The number of fused-ring (bicyclic) bond motifs is 1. The number of rotatable bonds is 1. The van der Waals surface area contributed by atoms with E-state index < -0.39 is 6.10 Å².